The van der Waals surface area contributed by atoms with Crippen LogP contribution in [0.3, 0.4) is 0 Å². The van der Waals surface area contributed by atoms with Crippen LogP contribution in [0.2, 0.25) is 0 Å². The lowest BCUT2D eigenvalue weighted by Gasteiger charge is -2.13. The normalized spacial score (nSPS) is 21.8. The van der Waals surface area contributed by atoms with E-state index in [0.29, 0.717) is 6.04 Å². The molecule has 0 radical (unpaired) electrons. The van der Waals surface area contributed by atoms with Gasteiger partial charge in [0.25, 0.3) is 0 Å². The molecule has 13 heavy (non-hydrogen) atoms. The third kappa shape index (κ3) is 2.53. The number of hydrogen-bond donors (Lipinski definition) is 1. The highest BCUT2D eigenvalue weighted by Gasteiger charge is 2.15. The van der Waals surface area contributed by atoms with Crippen LogP contribution in [0.1, 0.15) is 6.42 Å². The second-order valence-corrected chi connectivity index (χ2v) is 5.50. The molecule has 1 aliphatic heterocycles. The Morgan fingerprint density at radius 3 is 2.92 bits per heavy atom. The van der Waals surface area contributed by atoms with E-state index < -0.39 is 0 Å². The summed E-state index contributed by atoms with van der Waals surface area (Å²) in [6.45, 7) is 0. The molecule has 70 valence electrons. The van der Waals surface area contributed by atoms with Crippen LogP contribution in [-0.2, 0) is 0 Å². The molecule has 0 saturated carbocycles. The highest BCUT2D eigenvalue weighted by Crippen LogP contribution is 2.24. The second-order valence-electron chi connectivity index (χ2n) is 3.18. The quantitative estimate of drug-likeness (QED) is 0.842. The fourth-order valence-corrected chi connectivity index (χ4v) is 3.14. The van der Waals surface area contributed by atoms with Crippen molar-refractivity contribution in [2.24, 2.45) is 0 Å². The highest BCUT2D eigenvalue weighted by molar-refractivity contribution is 14.1. The van der Waals surface area contributed by atoms with Crippen molar-refractivity contribution < 1.29 is 0 Å². The highest BCUT2D eigenvalue weighted by atomic mass is 127. The summed E-state index contributed by atoms with van der Waals surface area (Å²) in [5.74, 6) is 2.56. The average molecular weight is 305 g/mol. The standard InChI is InChI=1S/C10H12INS/c11-9-3-1-2-4-10(9)12-8-5-6-13-7-8/h1-4,8,12H,5-7H2/t8-/m0/s1. The van der Waals surface area contributed by atoms with Crippen molar-refractivity contribution in [1.82, 2.24) is 0 Å². The van der Waals surface area contributed by atoms with Crippen LogP contribution in [0.15, 0.2) is 24.3 Å². The Bertz CT molecular complexity index is 284. The van der Waals surface area contributed by atoms with E-state index in [-0.39, 0.29) is 0 Å². The van der Waals surface area contributed by atoms with Crippen molar-refractivity contribution in [1.29, 1.82) is 0 Å². The van der Waals surface area contributed by atoms with Crippen molar-refractivity contribution in [2.45, 2.75) is 12.5 Å². The molecular weight excluding hydrogens is 293 g/mol. The minimum atomic E-state index is 0.681. The largest absolute Gasteiger partial charge is 0.381 e. The number of anilines is 1. The molecule has 1 heterocycles. The maximum atomic E-state index is 3.58. The smallest absolute Gasteiger partial charge is 0.0478 e. The predicted octanol–water partition coefficient (Wildman–Crippen LogP) is 3.21. The van der Waals surface area contributed by atoms with Gasteiger partial charge >= 0.3 is 0 Å². The zero-order valence-corrected chi connectivity index (χ0v) is 10.3. The van der Waals surface area contributed by atoms with E-state index in [1.165, 1.54) is 27.2 Å². The van der Waals surface area contributed by atoms with Crippen molar-refractivity contribution in [2.75, 3.05) is 16.8 Å². The minimum absolute atomic E-state index is 0.681. The van der Waals surface area contributed by atoms with Gasteiger partial charge in [0.05, 0.1) is 0 Å². The molecule has 1 aromatic carbocycles. The van der Waals surface area contributed by atoms with E-state index in [0.717, 1.165) is 0 Å². The van der Waals surface area contributed by atoms with Crippen LogP contribution in [0, 0.1) is 3.57 Å². The Morgan fingerprint density at radius 1 is 1.38 bits per heavy atom. The van der Waals surface area contributed by atoms with Crippen molar-refractivity contribution >= 4 is 40.0 Å². The second kappa shape index (κ2) is 4.55. The summed E-state index contributed by atoms with van der Waals surface area (Å²) in [4.78, 5) is 0. The lowest BCUT2D eigenvalue weighted by atomic mass is 10.2. The number of nitrogens with one attached hydrogen (secondary N) is 1. The van der Waals surface area contributed by atoms with Crippen LogP contribution in [0.4, 0.5) is 5.69 Å². The van der Waals surface area contributed by atoms with Crippen LogP contribution in [-0.4, -0.2) is 17.5 Å². The van der Waals surface area contributed by atoms with Gasteiger partial charge in [-0.05, 0) is 46.9 Å². The Hall–Kier alpha value is 0.1000. The lowest BCUT2D eigenvalue weighted by Crippen LogP contribution is -2.18. The summed E-state index contributed by atoms with van der Waals surface area (Å²) in [5, 5.41) is 3.58. The van der Waals surface area contributed by atoms with Gasteiger partial charge in [-0.3, -0.25) is 0 Å². The maximum Gasteiger partial charge on any atom is 0.0478 e. The summed E-state index contributed by atoms with van der Waals surface area (Å²) < 4.78 is 1.32. The SMILES string of the molecule is Ic1ccccc1N[C@H]1CCSC1. The summed E-state index contributed by atoms with van der Waals surface area (Å²) in [6, 6.07) is 9.15. The Kier molecular flexibility index (Phi) is 3.38. The molecule has 0 aliphatic carbocycles. The van der Waals surface area contributed by atoms with Gasteiger partial charge in [-0.1, -0.05) is 12.1 Å². The summed E-state index contributed by atoms with van der Waals surface area (Å²) >= 11 is 4.42. The molecule has 0 amide bonds. The van der Waals surface area contributed by atoms with E-state index in [4.69, 9.17) is 0 Å². The first kappa shape index (κ1) is 9.65. The van der Waals surface area contributed by atoms with Gasteiger partial charge in [0.1, 0.15) is 0 Å². The van der Waals surface area contributed by atoms with Gasteiger partial charge in [-0.25, -0.2) is 0 Å². The van der Waals surface area contributed by atoms with Gasteiger partial charge in [0.15, 0.2) is 0 Å². The van der Waals surface area contributed by atoms with Crippen LogP contribution in [0.5, 0.6) is 0 Å². The van der Waals surface area contributed by atoms with E-state index >= 15 is 0 Å². The van der Waals surface area contributed by atoms with Crippen molar-refractivity contribution in [3.63, 3.8) is 0 Å². The van der Waals surface area contributed by atoms with Crippen molar-refractivity contribution in [3.8, 4) is 0 Å². The number of para-hydroxylation sites is 1. The monoisotopic (exact) mass is 305 g/mol. The lowest BCUT2D eigenvalue weighted by molar-refractivity contribution is 0.812. The first-order valence-electron chi connectivity index (χ1n) is 4.45. The number of rotatable bonds is 2. The molecule has 1 fully saturated rings. The van der Waals surface area contributed by atoms with Gasteiger partial charge < -0.3 is 5.32 Å². The molecular formula is C10H12INS. The zero-order chi connectivity index (χ0) is 9.10. The molecule has 0 aromatic heterocycles. The molecule has 3 heteroatoms. The fourth-order valence-electron chi connectivity index (χ4n) is 1.45. The van der Waals surface area contributed by atoms with E-state index in [9.17, 15) is 0 Å². The van der Waals surface area contributed by atoms with Gasteiger partial charge in [0.2, 0.25) is 0 Å². The summed E-state index contributed by atoms with van der Waals surface area (Å²) in [6.07, 6.45) is 1.30. The molecule has 1 aromatic rings. The Labute approximate surface area is 96.8 Å². The predicted molar refractivity (Wildman–Crippen MR) is 68.5 cm³/mol. The maximum absolute atomic E-state index is 3.58. The molecule has 1 N–H and O–H groups in total. The van der Waals surface area contributed by atoms with Gasteiger partial charge in [-0.15, -0.1) is 0 Å². The van der Waals surface area contributed by atoms with Crippen LogP contribution < -0.4 is 5.32 Å². The summed E-state index contributed by atoms with van der Waals surface area (Å²) in [7, 11) is 0. The zero-order valence-electron chi connectivity index (χ0n) is 7.29. The van der Waals surface area contributed by atoms with Gasteiger partial charge in [-0.2, -0.15) is 11.8 Å². The molecule has 0 bridgehead atoms. The molecule has 2 rings (SSSR count). The van der Waals surface area contributed by atoms with E-state index in [1.54, 1.807) is 0 Å². The molecule has 0 unspecified atom stereocenters. The molecule has 1 nitrogen and oxygen atoms in total. The Morgan fingerprint density at radius 2 is 2.23 bits per heavy atom. The topological polar surface area (TPSA) is 12.0 Å². The number of thioether (sulfide) groups is 1. The summed E-state index contributed by atoms with van der Waals surface area (Å²) in [5.41, 5.74) is 1.29. The average Bonchev–Trinajstić information content (AvgIpc) is 2.61. The van der Waals surface area contributed by atoms with Crippen LogP contribution >= 0.6 is 34.4 Å². The molecule has 1 saturated heterocycles. The number of halogens is 1. The third-order valence-electron chi connectivity index (χ3n) is 2.16. The van der Waals surface area contributed by atoms with E-state index in [1.807, 2.05) is 11.8 Å². The number of benzene rings is 1. The molecule has 1 aliphatic rings. The van der Waals surface area contributed by atoms with Crippen LogP contribution in [0.25, 0.3) is 0 Å². The number of hydrogen-bond acceptors (Lipinski definition) is 2. The van der Waals surface area contributed by atoms with E-state index in [2.05, 4.69) is 52.2 Å². The minimum Gasteiger partial charge on any atom is -0.381 e. The molecule has 1 atom stereocenters. The third-order valence-corrected chi connectivity index (χ3v) is 4.27. The van der Waals surface area contributed by atoms with Crippen molar-refractivity contribution in [3.05, 3.63) is 27.8 Å². The fraction of sp³-hybridized carbons (Fsp3) is 0.400. The molecule has 0 spiro atoms. The Balaban J connectivity index is 2.04. The first-order chi connectivity index (χ1) is 6.36. The van der Waals surface area contributed by atoms with Gasteiger partial charge in [0, 0.05) is 21.1 Å². The first-order valence-corrected chi connectivity index (χ1v) is 6.68.